The molecule has 0 bridgehead atoms. The van der Waals surface area contributed by atoms with Crippen molar-refractivity contribution in [3.63, 3.8) is 0 Å². The Labute approximate surface area is 91.5 Å². The number of pyridine rings is 1. The van der Waals surface area contributed by atoms with Crippen LogP contribution >= 0.6 is 11.6 Å². The predicted octanol–water partition coefficient (Wildman–Crippen LogP) is 0.617. The SMILES string of the molecule is NCCC(O)C(O)c1cc(Cl)ncc1F. The maximum atomic E-state index is 13.2. The Morgan fingerprint density at radius 3 is 2.80 bits per heavy atom. The molecular weight excluding hydrogens is 223 g/mol. The molecule has 1 aromatic heterocycles. The second-order valence-electron chi connectivity index (χ2n) is 3.12. The lowest BCUT2D eigenvalue weighted by Crippen LogP contribution is -2.22. The summed E-state index contributed by atoms with van der Waals surface area (Å²) < 4.78 is 13.2. The summed E-state index contributed by atoms with van der Waals surface area (Å²) in [5.41, 5.74) is 5.14. The standard InChI is InChI=1S/C9H12ClFN2O2/c10-8-3-5(6(11)4-13-8)9(15)7(14)1-2-12/h3-4,7,9,14-15H,1-2,12H2. The third-order valence-corrected chi connectivity index (χ3v) is 2.20. The van der Waals surface area contributed by atoms with Crippen molar-refractivity contribution < 1.29 is 14.6 Å². The van der Waals surface area contributed by atoms with E-state index >= 15 is 0 Å². The van der Waals surface area contributed by atoms with Gasteiger partial charge in [0.25, 0.3) is 0 Å². The van der Waals surface area contributed by atoms with Crippen molar-refractivity contribution in [3.8, 4) is 0 Å². The van der Waals surface area contributed by atoms with E-state index in [4.69, 9.17) is 17.3 Å². The molecule has 0 radical (unpaired) electrons. The third kappa shape index (κ3) is 3.10. The van der Waals surface area contributed by atoms with Crippen molar-refractivity contribution in [3.05, 3.63) is 28.8 Å². The number of hydrogen-bond acceptors (Lipinski definition) is 4. The minimum atomic E-state index is -1.34. The largest absolute Gasteiger partial charge is 0.390 e. The van der Waals surface area contributed by atoms with Gasteiger partial charge in [0, 0.05) is 5.56 Å². The van der Waals surface area contributed by atoms with Gasteiger partial charge < -0.3 is 15.9 Å². The summed E-state index contributed by atoms with van der Waals surface area (Å²) >= 11 is 5.55. The molecule has 0 aliphatic heterocycles. The molecule has 0 saturated carbocycles. The van der Waals surface area contributed by atoms with Crippen LogP contribution in [0.25, 0.3) is 0 Å². The number of nitrogens with zero attached hydrogens (tertiary/aromatic N) is 1. The number of halogens is 2. The van der Waals surface area contributed by atoms with Gasteiger partial charge >= 0.3 is 0 Å². The highest BCUT2D eigenvalue weighted by molar-refractivity contribution is 6.29. The fourth-order valence-corrected chi connectivity index (χ4v) is 1.36. The number of aliphatic hydroxyl groups is 2. The summed E-state index contributed by atoms with van der Waals surface area (Å²) in [5, 5.41) is 19.1. The van der Waals surface area contributed by atoms with E-state index in [1.165, 1.54) is 6.07 Å². The number of rotatable bonds is 4. The molecule has 4 nitrogen and oxygen atoms in total. The van der Waals surface area contributed by atoms with E-state index in [0.29, 0.717) is 0 Å². The van der Waals surface area contributed by atoms with Gasteiger partial charge in [-0.15, -0.1) is 0 Å². The van der Waals surface area contributed by atoms with Crippen LogP contribution in [-0.2, 0) is 0 Å². The van der Waals surface area contributed by atoms with Crippen LogP contribution in [0.1, 0.15) is 18.1 Å². The average Bonchev–Trinajstić information content (AvgIpc) is 2.21. The Kier molecular flexibility index (Phi) is 4.41. The number of hydrogen-bond donors (Lipinski definition) is 3. The number of nitrogens with two attached hydrogens (primary N) is 1. The van der Waals surface area contributed by atoms with Crippen LogP contribution in [0.2, 0.25) is 5.15 Å². The molecule has 0 saturated heterocycles. The van der Waals surface area contributed by atoms with Gasteiger partial charge in [0.05, 0.1) is 12.3 Å². The van der Waals surface area contributed by atoms with E-state index in [1.54, 1.807) is 0 Å². The first-order valence-corrected chi connectivity index (χ1v) is 4.81. The lowest BCUT2D eigenvalue weighted by molar-refractivity contribution is 0.0129. The quantitative estimate of drug-likeness (QED) is 0.668. The molecule has 1 aromatic rings. The number of aliphatic hydroxyl groups excluding tert-OH is 2. The van der Waals surface area contributed by atoms with Crippen LogP contribution in [0, 0.1) is 5.82 Å². The summed E-state index contributed by atoms with van der Waals surface area (Å²) in [4.78, 5) is 3.50. The molecule has 6 heteroatoms. The second kappa shape index (κ2) is 5.37. The van der Waals surface area contributed by atoms with Crippen LogP contribution in [0.15, 0.2) is 12.3 Å². The summed E-state index contributed by atoms with van der Waals surface area (Å²) in [7, 11) is 0. The van der Waals surface area contributed by atoms with Gasteiger partial charge in [0.15, 0.2) is 0 Å². The van der Waals surface area contributed by atoms with Gasteiger partial charge in [-0.1, -0.05) is 11.6 Å². The summed E-state index contributed by atoms with van der Waals surface area (Å²) in [6.45, 7) is 0.207. The van der Waals surface area contributed by atoms with Crippen molar-refractivity contribution in [2.24, 2.45) is 5.73 Å². The molecule has 0 aliphatic carbocycles. The lowest BCUT2D eigenvalue weighted by atomic mass is 10.0. The minimum Gasteiger partial charge on any atom is -0.390 e. The molecule has 2 atom stereocenters. The van der Waals surface area contributed by atoms with E-state index in [2.05, 4.69) is 4.98 Å². The van der Waals surface area contributed by atoms with Crippen molar-refractivity contribution in [1.29, 1.82) is 0 Å². The monoisotopic (exact) mass is 234 g/mol. The van der Waals surface area contributed by atoms with Gasteiger partial charge in [-0.3, -0.25) is 0 Å². The molecule has 84 valence electrons. The maximum Gasteiger partial charge on any atom is 0.147 e. The molecule has 1 heterocycles. The van der Waals surface area contributed by atoms with Crippen molar-refractivity contribution in [2.45, 2.75) is 18.6 Å². The molecule has 4 N–H and O–H groups in total. The summed E-state index contributed by atoms with van der Waals surface area (Å²) in [6, 6.07) is 1.18. The first kappa shape index (κ1) is 12.3. The molecule has 0 fully saturated rings. The molecule has 2 unspecified atom stereocenters. The Morgan fingerprint density at radius 1 is 1.53 bits per heavy atom. The van der Waals surface area contributed by atoms with Crippen LogP contribution < -0.4 is 5.73 Å². The maximum absolute atomic E-state index is 13.2. The minimum absolute atomic E-state index is 0.0606. The Morgan fingerprint density at radius 2 is 2.20 bits per heavy atom. The zero-order valence-corrected chi connectivity index (χ0v) is 8.65. The van der Waals surface area contributed by atoms with Crippen LogP contribution in [-0.4, -0.2) is 27.8 Å². The molecule has 1 rings (SSSR count). The van der Waals surface area contributed by atoms with Crippen molar-refractivity contribution in [1.82, 2.24) is 4.98 Å². The van der Waals surface area contributed by atoms with Crippen LogP contribution in [0.4, 0.5) is 4.39 Å². The normalized spacial score (nSPS) is 15.0. The smallest absolute Gasteiger partial charge is 0.147 e. The zero-order valence-electron chi connectivity index (χ0n) is 7.90. The first-order valence-electron chi connectivity index (χ1n) is 4.43. The van der Waals surface area contributed by atoms with E-state index < -0.39 is 18.0 Å². The number of aromatic nitrogens is 1. The van der Waals surface area contributed by atoms with Gasteiger partial charge in [-0.05, 0) is 19.0 Å². The Bertz CT molecular complexity index is 338. The van der Waals surface area contributed by atoms with Gasteiger partial charge in [-0.25, -0.2) is 9.37 Å². The fourth-order valence-electron chi connectivity index (χ4n) is 1.19. The molecule has 15 heavy (non-hydrogen) atoms. The Hall–Kier alpha value is -0.750. The lowest BCUT2D eigenvalue weighted by Gasteiger charge is -2.17. The van der Waals surface area contributed by atoms with Crippen LogP contribution in [0.5, 0.6) is 0 Å². The Balaban J connectivity index is 2.89. The first-order chi connectivity index (χ1) is 7.06. The third-order valence-electron chi connectivity index (χ3n) is 2.00. The summed E-state index contributed by atoms with van der Waals surface area (Å²) in [6.07, 6.45) is -1.37. The highest BCUT2D eigenvalue weighted by atomic mass is 35.5. The van der Waals surface area contributed by atoms with Gasteiger partial charge in [-0.2, -0.15) is 0 Å². The van der Waals surface area contributed by atoms with Crippen molar-refractivity contribution >= 4 is 11.6 Å². The predicted molar refractivity (Wildman–Crippen MR) is 53.8 cm³/mol. The molecule has 0 amide bonds. The fraction of sp³-hybridized carbons (Fsp3) is 0.444. The topological polar surface area (TPSA) is 79.4 Å². The van der Waals surface area contributed by atoms with Crippen LogP contribution in [0.3, 0.4) is 0 Å². The highest BCUT2D eigenvalue weighted by Crippen LogP contribution is 2.23. The van der Waals surface area contributed by atoms with E-state index in [-0.39, 0.29) is 23.7 Å². The summed E-state index contributed by atoms with van der Waals surface area (Å²) in [5.74, 6) is -0.706. The second-order valence-corrected chi connectivity index (χ2v) is 3.51. The zero-order chi connectivity index (χ0) is 11.4. The van der Waals surface area contributed by atoms with E-state index in [0.717, 1.165) is 6.20 Å². The molecule has 0 spiro atoms. The van der Waals surface area contributed by atoms with Gasteiger partial charge in [0.2, 0.25) is 0 Å². The molecule has 0 aromatic carbocycles. The van der Waals surface area contributed by atoms with E-state index in [1.807, 2.05) is 0 Å². The molecular formula is C9H12ClFN2O2. The molecule has 0 aliphatic rings. The van der Waals surface area contributed by atoms with E-state index in [9.17, 15) is 14.6 Å². The van der Waals surface area contributed by atoms with Gasteiger partial charge in [0.1, 0.15) is 17.1 Å². The van der Waals surface area contributed by atoms with Crippen molar-refractivity contribution in [2.75, 3.05) is 6.54 Å². The highest BCUT2D eigenvalue weighted by Gasteiger charge is 2.21. The average molecular weight is 235 g/mol.